The van der Waals surface area contributed by atoms with Crippen LogP contribution >= 0.6 is 7.82 Å². The van der Waals surface area contributed by atoms with E-state index in [0.29, 0.717) is 12.8 Å². The molecule has 0 spiro atoms. The third-order valence-electron chi connectivity index (χ3n) is 9.59. The van der Waals surface area contributed by atoms with Crippen LogP contribution in [-0.2, 0) is 32.7 Å². The molecule has 0 bridgehead atoms. The topological polar surface area (TPSA) is 149 Å². The van der Waals surface area contributed by atoms with Crippen molar-refractivity contribution < 1.29 is 47.8 Å². The molecule has 3 N–H and O–H groups in total. The first-order valence-corrected chi connectivity index (χ1v) is 25.0. The number of phosphoric acid groups is 1. The molecule has 0 aromatic rings. The molecule has 0 aliphatic heterocycles. The number of rotatable bonds is 43. The third kappa shape index (κ3) is 43.6. The lowest BCUT2D eigenvalue weighted by Crippen LogP contribution is -2.28. The fourth-order valence-corrected chi connectivity index (χ4v) is 6.78. The van der Waals surface area contributed by atoms with Crippen molar-refractivity contribution in [3.05, 3.63) is 85.1 Å². The lowest BCUT2D eigenvalue weighted by Gasteiger charge is -2.20. The van der Waals surface area contributed by atoms with Gasteiger partial charge in [0.1, 0.15) is 12.2 Å². The van der Waals surface area contributed by atoms with Gasteiger partial charge in [0.15, 0.2) is 0 Å². The van der Waals surface area contributed by atoms with Crippen molar-refractivity contribution in [3.63, 3.8) is 0 Å². The Morgan fingerprint density at radius 1 is 0.459 bits per heavy atom. The summed E-state index contributed by atoms with van der Waals surface area (Å²) in [6.07, 6.45) is 54.1. The van der Waals surface area contributed by atoms with E-state index in [1.165, 1.54) is 57.8 Å². The monoisotopic (exact) mass is 877 g/mol. The first kappa shape index (κ1) is 58.1. The molecule has 3 atom stereocenters. The van der Waals surface area contributed by atoms with Crippen molar-refractivity contribution >= 4 is 19.8 Å². The molecule has 0 fully saturated rings. The maximum absolute atomic E-state index is 12.4. The highest BCUT2D eigenvalue weighted by Crippen LogP contribution is 2.43. The highest BCUT2D eigenvalue weighted by Gasteiger charge is 2.27. The van der Waals surface area contributed by atoms with Gasteiger partial charge in [0.2, 0.25) is 0 Å². The summed E-state index contributed by atoms with van der Waals surface area (Å²) in [5.41, 5.74) is 0. The number of unbranched alkanes of at least 4 members (excludes halogenated alkanes) is 15. The predicted molar refractivity (Wildman–Crippen MR) is 251 cm³/mol. The molecular weight excluding hydrogens is 792 g/mol. The number of hydrogen-bond donors (Lipinski definition) is 3. The molecule has 0 aromatic carbocycles. The Bertz CT molecular complexity index is 1280. The van der Waals surface area contributed by atoms with Crippen LogP contribution < -0.4 is 0 Å². The minimum absolute atomic E-state index is 0.148. The van der Waals surface area contributed by atoms with Gasteiger partial charge in [0.05, 0.1) is 26.4 Å². The fraction of sp³-hybridized carbons (Fsp3) is 0.680. The maximum Gasteiger partial charge on any atom is 0.472 e. The minimum atomic E-state index is -4.66. The Labute approximate surface area is 371 Å². The molecule has 0 aliphatic carbocycles. The van der Waals surface area contributed by atoms with Gasteiger partial charge in [-0.1, -0.05) is 163 Å². The highest BCUT2D eigenvalue weighted by atomic mass is 31.2. The lowest BCUT2D eigenvalue weighted by atomic mass is 10.1. The van der Waals surface area contributed by atoms with Crippen LogP contribution in [0.1, 0.15) is 181 Å². The van der Waals surface area contributed by atoms with Gasteiger partial charge in [0.25, 0.3) is 0 Å². The number of carbonyl (C=O) groups excluding carboxylic acids is 2. The summed E-state index contributed by atoms with van der Waals surface area (Å²) in [6.45, 7) is 2.02. The molecule has 61 heavy (non-hydrogen) atoms. The van der Waals surface area contributed by atoms with E-state index in [4.69, 9.17) is 18.5 Å². The van der Waals surface area contributed by atoms with Crippen molar-refractivity contribution in [1.29, 1.82) is 0 Å². The summed E-state index contributed by atoms with van der Waals surface area (Å²) in [7, 11) is -4.66. The number of hydrogen-bond acceptors (Lipinski definition) is 9. The number of esters is 2. The van der Waals surface area contributed by atoms with Crippen molar-refractivity contribution in [1.82, 2.24) is 0 Å². The van der Waals surface area contributed by atoms with Gasteiger partial charge in [-0.2, -0.15) is 0 Å². The second kappa shape index (κ2) is 45.2. The average molecular weight is 877 g/mol. The van der Waals surface area contributed by atoms with E-state index in [2.05, 4.69) is 98.9 Å². The maximum atomic E-state index is 12.4. The van der Waals surface area contributed by atoms with Crippen molar-refractivity contribution in [3.8, 4) is 0 Å². The number of ether oxygens (including phenoxy) is 2. The second-order valence-corrected chi connectivity index (χ2v) is 16.8. The number of phosphoric ester groups is 1. The molecule has 350 valence electrons. The smallest absolute Gasteiger partial charge is 0.457 e. The molecule has 0 radical (unpaired) electrons. The van der Waals surface area contributed by atoms with Gasteiger partial charge in [-0.05, 0) is 89.9 Å². The van der Waals surface area contributed by atoms with E-state index < -0.39 is 58.4 Å². The van der Waals surface area contributed by atoms with E-state index in [1.807, 2.05) is 0 Å². The van der Waals surface area contributed by atoms with E-state index in [9.17, 15) is 29.3 Å². The van der Waals surface area contributed by atoms with Crippen molar-refractivity contribution in [2.24, 2.45) is 0 Å². The Morgan fingerprint density at radius 2 is 0.770 bits per heavy atom. The summed E-state index contributed by atoms with van der Waals surface area (Å²) < 4.78 is 32.6. The summed E-state index contributed by atoms with van der Waals surface area (Å²) in [5, 5.41) is 19.2. The van der Waals surface area contributed by atoms with Crippen LogP contribution in [0.2, 0.25) is 0 Å². The molecule has 0 aliphatic rings. The number of allylic oxidation sites excluding steroid dienone is 14. The van der Waals surface area contributed by atoms with Crippen LogP contribution in [0.3, 0.4) is 0 Å². The van der Waals surface area contributed by atoms with Crippen LogP contribution in [-0.4, -0.2) is 65.7 Å². The molecule has 10 nitrogen and oxygen atoms in total. The molecule has 3 unspecified atom stereocenters. The van der Waals surface area contributed by atoms with E-state index >= 15 is 0 Å². The second-order valence-electron chi connectivity index (χ2n) is 15.4. The fourth-order valence-electron chi connectivity index (χ4n) is 5.99. The first-order valence-electron chi connectivity index (χ1n) is 23.5. The molecule has 0 saturated heterocycles. The summed E-state index contributed by atoms with van der Waals surface area (Å²) in [6, 6.07) is 0. The van der Waals surface area contributed by atoms with Crippen LogP contribution in [0.25, 0.3) is 0 Å². The zero-order chi connectivity index (χ0) is 44.8. The summed E-state index contributed by atoms with van der Waals surface area (Å²) >= 11 is 0. The Balaban J connectivity index is 3.96. The SMILES string of the molecule is CC/C=C\C/C=C\C/C=C\C/C=C\C/C=C\CCCCCC(=O)OC(CO)COP(=O)(O)OCC(CO)OC(=O)CCCCCCCCCCC/C=C\C/C=C\CCCCC. The van der Waals surface area contributed by atoms with Gasteiger partial charge < -0.3 is 24.6 Å². The van der Waals surface area contributed by atoms with Crippen LogP contribution in [0, 0.1) is 0 Å². The van der Waals surface area contributed by atoms with Gasteiger partial charge in [0, 0.05) is 12.8 Å². The Morgan fingerprint density at radius 3 is 1.13 bits per heavy atom. The van der Waals surface area contributed by atoms with E-state index in [-0.39, 0.29) is 12.8 Å². The molecule has 11 heteroatoms. The predicted octanol–water partition coefficient (Wildman–Crippen LogP) is 13.0. The standard InChI is InChI=1S/C50H85O10P/c1-3-5-7-9-11-13-15-17-19-21-23-25-27-29-31-33-35-37-39-41-49(53)59-47(43-51)45-57-61(55,56)58-46-48(44-52)60-50(54)42-40-38-36-34-32-30-28-26-24-22-20-18-16-14-12-10-8-6-4-2/h5,7,11-14,17-20,23,25,29,31,47-48,51-52H,3-4,6,8-10,15-16,21-22,24,26-28,30,32-46H2,1-2H3,(H,55,56)/b7-5-,13-11-,14-12-,19-17-,20-18-,25-23-,31-29-. The third-order valence-corrected chi connectivity index (χ3v) is 10.5. The molecule has 0 amide bonds. The van der Waals surface area contributed by atoms with Crippen molar-refractivity contribution in [2.45, 2.75) is 193 Å². The molecule has 0 heterocycles. The Kier molecular flexibility index (Phi) is 43.1. The van der Waals surface area contributed by atoms with Crippen LogP contribution in [0.15, 0.2) is 85.1 Å². The highest BCUT2D eigenvalue weighted by molar-refractivity contribution is 7.47. The first-order chi connectivity index (χ1) is 29.8. The van der Waals surface area contributed by atoms with Gasteiger partial charge in [-0.15, -0.1) is 0 Å². The average Bonchev–Trinajstić information content (AvgIpc) is 3.25. The number of aliphatic hydroxyl groups is 2. The zero-order valence-corrected chi connectivity index (χ0v) is 39.0. The van der Waals surface area contributed by atoms with Crippen LogP contribution in [0.5, 0.6) is 0 Å². The molecule has 0 rings (SSSR count). The molecular formula is C50H85O10P. The van der Waals surface area contributed by atoms with E-state index in [1.54, 1.807) is 0 Å². The number of aliphatic hydroxyl groups excluding tert-OH is 2. The normalized spacial score (nSPS) is 14.5. The quantitative estimate of drug-likeness (QED) is 0.0234. The molecule has 0 aromatic heterocycles. The largest absolute Gasteiger partial charge is 0.472 e. The Hall–Kier alpha value is -2.85. The summed E-state index contributed by atoms with van der Waals surface area (Å²) in [4.78, 5) is 34.6. The van der Waals surface area contributed by atoms with Crippen LogP contribution in [0.4, 0.5) is 0 Å². The number of carbonyl (C=O) groups is 2. The summed E-state index contributed by atoms with van der Waals surface area (Å²) in [5.74, 6) is -1.06. The lowest BCUT2D eigenvalue weighted by molar-refractivity contribution is -0.153. The molecule has 0 saturated carbocycles. The van der Waals surface area contributed by atoms with Crippen molar-refractivity contribution in [2.75, 3.05) is 26.4 Å². The zero-order valence-electron chi connectivity index (χ0n) is 38.1. The van der Waals surface area contributed by atoms with Gasteiger partial charge in [-0.3, -0.25) is 18.6 Å². The van der Waals surface area contributed by atoms with Gasteiger partial charge in [-0.25, -0.2) is 4.57 Å². The van der Waals surface area contributed by atoms with E-state index in [0.717, 1.165) is 83.5 Å². The minimum Gasteiger partial charge on any atom is -0.457 e. The van der Waals surface area contributed by atoms with Gasteiger partial charge >= 0.3 is 19.8 Å².